The Balaban J connectivity index is 3.63. The van der Waals surface area contributed by atoms with Gasteiger partial charge in [0.2, 0.25) is 0 Å². The van der Waals surface area contributed by atoms with Crippen LogP contribution in [0.3, 0.4) is 0 Å². The lowest BCUT2D eigenvalue weighted by molar-refractivity contribution is 1.36. The molecule has 2 N–H and O–H groups in total. The largest absolute Gasteiger partial charge is 0.404 e. The van der Waals surface area contributed by atoms with Crippen molar-refractivity contribution in [3.8, 4) is 0 Å². The SMILES string of the molecule is C=c1cccc(C)/c1=C/N. The summed E-state index contributed by atoms with van der Waals surface area (Å²) in [5, 5.41) is 2.03. The predicted molar refractivity (Wildman–Crippen MR) is 44.6 cm³/mol. The molecule has 0 heterocycles. The Hall–Kier alpha value is -1.24. The minimum absolute atomic E-state index is 0.988. The van der Waals surface area contributed by atoms with Crippen molar-refractivity contribution < 1.29 is 0 Å². The molecule has 10 heavy (non-hydrogen) atoms. The van der Waals surface area contributed by atoms with Gasteiger partial charge in [-0.2, -0.15) is 0 Å². The number of nitrogens with two attached hydrogens (primary N) is 1. The van der Waals surface area contributed by atoms with Crippen LogP contribution in [0.25, 0.3) is 12.8 Å². The molecule has 1 nitrogen and oxygen atoms in total. The van der Waals surface area contributed by atoms with E-state index in [1.54, 1.807) is 6.20 Å². The Morgan fingerprint density at radius 1 is 1.50 bits per heavy atom. The second kappa shape index (κ2) is 2.56. The summed E-state index contributed by atoms with van der Waals surface area (Å²) in [5.74, 6) is 0. The molecule has 0 unspecified atom stereocenters. The van der Waals surface area contributed by atoms with E-state index in [9.17, 15) is 0 Å². The summed E-state index contributed by atoms with van der Waals surface area (Å²) in [7, 11) is 0. The van der Waals surface area contributed by atoms with Crippen molar-refractivity contribution in [2.75, 3.05) is 0 Å². The van der Waals surface area contributed by atoms with Gasteiger partial charge in [-0.25, -0.2) is 0 Å². The third-order valence-electron chi connectivity index (χ3n) is 1.58. The maximum Gasteiger partial charge on any atom is 0.00200 e. The van der Waals surface area contributed by atoms with Gasteiger partial charge in [-0.05, 0) is 22.9 Å². The van der Waals surface area contributed by atoms with Crippen LogP contribution in [0.5, 0.6) is 0 Å². The standard InChI is InChI=1S/C9H11N/c1-7-4-3-5-8(2)9(7)6-10/h3-6H,1,10H2,2H3/b9-6+. The van der Waals surface area contributed by atoms with Gasteiger partial charge in [-0.1, -0.05) is 24.8 Å². The van der Waals surface area contributed by atoms with Gasteiger partial charge < -0.3 is 5.73 Å². The Labute approximate surface area is 60.5 Å². The lowest BCUT2D eigenvalue weighted by Crippen LogP contribution is -2.26. The summed E-state index contributed by atoms with van der Waals surface area (Å²) in [6.45, 7) is 5.86. The van der Waals surface area contributed by atoms with Crippen LogP contribution in [0.15, 0.2) is 18.2 Å². The summed E-state index contributed by atoms with van der Waals surface area (Å²) in [5.41, 5.74) is 6.56. The monoisotopic (exact) mass is 133 g/mol. The molecule has 1 rings (SSSR count). The molecule has 1 aromatic rings. The molecule has 0 bridgehead atoms. The van der Waals surface area contributed by atoms with E-state index in [1.807, 2.05) is 25.1 Å². The second-order valence-electron chi connectivity index (χ2n) is 2.31. The van der Waals surface area contributed by atoms with Crippen LogP contribution in [0.2, 0.25) is 0 Å². The van der Waals surface area contributed by atoms with E-state index in [-0.39, 0.29) is 0 Å². The summed E-state index contributed by atoms with van der Waals surface area (Å²) in [4.78, 5) is 0. The van der Waals surface area contributed by atoms with Gasteiger partial charge in [0.25, 0.3) is 0 Å². The summed E-state index contributed by atoms with van der Waals surface area (Å²) >= 11 is 0. The van der Waals surface area contributed by atoms with Crippen molar-refractivity contribution in [1.82, 2.24) is 0 Å². The molecule has 0 aliphatic rings. The van der Waals surface area contributed by atoms with Crippen LogP contribution in [0.1, 0.15) is 5.56 Å². The third-order valence-corrected chi connectivity index (χ3v) is 1.58. The highest BCUT2D eigenvalue weighted by Crippen LogP contribution is 1.81. The van der Waals surface area contributed by atoms with Crippen LogP contribution < -0.4 is 16.2 Å². The fourth-order valence-corrected chi connectivity index (χ4v) is 0.980. The summed E-state index contributed by atoms with van der Waals surface area (Å²) < 4.78 is 0. The molecule has 0 amide bonds. The smallest absolute Gasteiger partial charge is 0.00200 e. The van der Waals surface area contributed by atoms with Crippen LogP contribution in [-0.4, -0.2) is 0 Å². The van der Waals surface area contributed by atoms with Crippen molar-refractivity contribution in [1.29, 1.82) is 0 Å². The number of rotatable bonds is 0. The van der Waals surface area contributed by atoms with Gasteiger partial charge in [-0.3, -0.25) is 0 Å². The molecule has 0 aliphatic carbocycles. The zero-order chi connectivity index (χ0) is 7.56. The van der Waals surface area contributed by atoms with Crippen LogP contribution >= 0.6 is 0 Å². The minimum Gasteiger partial charge on any atom is -0.404 e. The molecular formula is C9H11N. The topological polar surface area (TPSA) is 26.0 Å². The average Bonchev–Trinajstić information content (AvgIpc) is 1.88. The van der Waals surface area contributed by atoms with Crippen molar-refractivity contribution in [3.05, 3.63) is 34.2 Å². The highest BCUT2D eigenvalue weighted by Gasteiger charge is 1.84. The molecule has 1 aromatic carbocycles. The number of aryl methyl sites for hydroxylation is 1. The average molecular weight is 133 g/mol. The Morgan fingerprint density at radius 2 is 2.20 bits per heavy atom. The van der Waals surface area contributed by atoms with Gasteiger partial charge in [-0.15, -0.1) is 0 Å². The van der Waals surface area contributed by atoms with Crippen molar-refractivity contribution in [3.63, 3.8) is 0 Å². The summed E-state index contributed by atoms with van der Waals surface area (Å²) in [6.07, 6.45) is 1.59. The molecule has 1 heteroatoms. The summed E-state index contributed by atoms with van der Waals surface area (Å²) in [6, 6.07) is 5.95. The Kier molecular flexibility index (Phi) is 1.76. The zero-order valence-electron chi connectivity index (χ0n) is 6.09. The van der Waals surface area contributed by atoms with Crippen LogP contribution in [-0.2, 0) is 0 Å². The van der Waals surface area contributed by atoms with E-state index in [4.69, 9.17) is 5.73 Å². The fourth-order valence-electron chi connectivity index (χ4n) is 0.980. The predicted octanol–water partition coefficient (Wildman–Crippen LogP) is 0.102. The van der Waals surface area contributed by atoms with Gasteiger partial charge in [0, 0.05) is 6.20 Å². The van der Waals surface area contributed by atoms with E-state index in [0.717, 1.165) is 10.4 Å². The first-order valence-corrected chi connectivity index (χ1v) is 3.22. The molecule has 0 aliphatic heterocycles. The molecule has 52 valence electrons. The molecule has 0 atom stereocenters. The van der Waals surface area contributed by atoms with E-state index in [0.29, 0.717) is 0 Å². The molecule has 0 fully saturated rings. The zero-order valence-corrected chi connectivity index (χ0v) is 6.09. The second-order valence-corrected chi connectivity index (χ2v) is 2.31. The lowest BCUT2D eigenvalue weighted by Gasteiger charge is -1.91. The van der Waals surface area contributed by atoms with Gasteiger partial charge in [0.15, 0.2) is 0 Å². The molecule has 0 aromatic heterocycles. The quantitative estimate of drug-likeness (QED) is 0.534. The van der Waals surface area contributed by atoms with Crippen LogP contribution in [0, 0.1) is 6.92 Å². The van der Waals surface area contributed by atoms with Crippen molar-refractivity contribution in [2.24, 2.45) is 5.73 Å². The van der Waals surface area contributed by atoms with Crippen LogP contribution in [0.4, 0.5) is 0 Å². The lowest BCUT2D eigenvalue weighted by atomic mass is 10.2. The highest BCUT2D eigenvalue weighted by molar-refractivity contribution is 5.29. The number of benzene rings is 1. The molecular weight excluding hydrogens is 122 g/mol. The normalized spacial score (nSPS) is 11.9. The molecule has 0 saturated heterocycles. The maximum absolute atomic E-state index is 5.39. The van der Waals surface area contributed by atoms with Gasteiger partial charge in [0.1, 0.15) is 0 Å². The highest BCUT2D eigenvalue weighted by atomic mass is 14.5. The first kappa shape index (κ1) is 6.87. The van der Waals surface area contributed by atoms with Gasteiger partial charge in [0.05, 0.1) is 0 Å². The maximum atomic E-state index is 5.39. The number of hydrogen-bond acceptors (Lipinski definition) is 1. The number of hydrogen-bond donors (Lipinski definition) is 1. The Morgan fingerprint density at radius 3 is 2.60 bits per heavy atom. The van der Waals surface area contributed by atoms with E-state index < -0.39 is 0 Å². The van der Waals surface area contributed by atoms with Crippen molar-refractivity contribution >= 4 is 12.8 Å². The minimum atomic E-state index is 0.988. The first-order valence-electron chi connectivity index (χ1n) is 3.22. The third kappa shape index (κ3) is 1.03. The van der Waals surface area contributed by atoms with Gasteiger partial charge >= 0.3 is 0 Å². The van der Waals surface area contributed by atoms with E-state index >= 15 is 0 Å². The molecule has 0 saturated carbocycles. The van der Waals surface area contributed by atoms with E-state index in [1.165, 1.54) is 5.56 Å². The molecule has 0 spiro atoms. The van der Waals surface area contributed by atoms with E-state index in [2.05, 4.69) is 6.58 Å². The first-order chi connectivity index (χ1) is 4.75. The molecule has 0 radical (unpaired) electrons. The van der Waals surface area contributed by atoms with Crippen molar-refractivity contribution in [2.45, 2.75) is 6.92 Å². The fraction of sp³-hybridized carbons (Fsp3) is 0.111. The Bertz CT molecular complexity index is 325.